The molecule has 0 aliphatic carbocycles. The molecule has 0 bridgehead atoms. The Morgan fingerprint density at radius 3 is 2.61 bits per heavy atom. The summed E-state index contributed by atoms with van der Waals surface area (Å²) in [6, 6.07) is 7.59. The number of aromatic amines is 1. The summed E-state index contributed by atoms with van der Waals surface area (Å²) in [7, 11) is 3.39. The Labute approximate surface area is 203 Å². The first-order chi connectivity index (χ1) is 16.9. The number of halogens is 3. The number of piperidine rings is 1. The van der Waals surface area contributed by atoms with E-state index in [1.807, 2.05) is 24.3 Å². The molecule has 1 amide bonds. The van der Waals surface area contributed by atoms with Crippen molar-refractivity contribution in [2.45, 2.75) is 31.5 Å². The van der Waals surface area contributed by atoms with Crippen LogP contribution in [0.1, 0.15) is 40.4 Å². The van der Waals surface area contributed by atoms with Gasteiger partial charge >= 0.3 is 12.1 Å². The molecule has 10 nitrogen and oxygen atoms in total. The predicted molar refractivity (Wildman–Crippen MR) is 124 cm³/mol. The van der Waals surface area contributed by atoms with Crippen molar-refractivity contribution >= 4 is 22.8 Å². The highest BCUT2D eigenvalue weighted by Crippen LogP contribution is 2.29. The summed E-state index contributed by atoms with van der Waals surface area (Å²) >= 11 is 0. The number of pyridine rings is 1. The molecule has 13 heteroatoms. The van der Waals surface area contributed by atoms with Gasteiger partial charge in [-0.25, -0.2) is 4.79 Å². The molecular formula is C23H26F3N5O5. The fraction of sp³-hybridized carbons (Fsp3) is 0.391. The highest BCUT2D eigenvalue weighted by molar-refractivity contribution is 5.93. The van der Waals surface area contributed by atoms with Gasteiger partial charge in [0, 0.05) is 43.9 Å². The lowest BCUT2D eigenvalue weighted by atomic mass is 9.92. The number of carboxylic acids is 1. The van der Waals surface area contributed by atoms with Crippen molar-refractivity contribution in [2.75, 3.05) is 20.2 Å². The van der Waals surface area contributed by atoms with Gasteiger partial charge in [-0.2, -0.15) is 18.3 Å². The Kier molecular flexibility index (Phi) is 8.03. The number of carbonyl (C=O) groups excluding carboxylic acids is 1. The largest absolute Gasteiger partial charge is 0.497 e. The summed E-state index contributed by atoms with van der Waals surface area (Å²) in [6.07, 6.45) is -1.48. The number of aryl methyl sites for hydroxylation is 1. The molecule has 4 rings (SSSR count). The van der Waals surface area contributed by atoms with E-state index in [9.17, 15) is 22.8 Å². The molecule has 1 aromatic carbocycles. The van der Waals surface area contributed by atoms with Crippen LogP contribution in [0.3, 0.4) is 0 Å². The van der Waals surface area contributed by atoms with Crippen LogP contribution >= 0.6 is 0 Å². The van der Waals surface area contributed by atoms with Crippen LogP contribution in [0.15, 0.2) is 35.3 Å². The average Bonchev–Trinajstić information content (AvgIpc) is 3.21. The van der Waals surface area contributed by atoms with E-state index in [2.05, 4.69) is 15.0 Å². The second-order valence-corrected chi connectivity index (χ2v) is 8.42. The van der Waals surface area contributed by atoms with Gasteiger partial charge in [-0.1, -0.05) is 0 Å². The number of benzene rings is 1. The van der Waals surface area contributed by atoms with Crippen molar-refractivity contribution in [3.05, 3.63) is 57.6 Å². The van der Waals surface area contributed by atoms with E-state index in [4.69, 9.17) is 20.4 Å². The van der Waals surface area contributed by atoms with Crippen molar-refractivity contribution in [1.82, 2.24) is 19.7 Å². The third-order valence-corrected chi connectivity index (χ3v) is 5.78. The summed E-state index contributed by atoms with van der Waals surface area (Å²) < 4.78 is 38.6. The number of methoxy groups -OCH3 is 1. The summed E-state index contributed by atoms with van der Waals surface area (Å²) in [4.78, 5) is 38.5. The van der Waals surface area contributed by atoms with E-state index < -0.39 is 18.1 Å². The molecule has 0 saturated carbocycles. The van der Waals surface area contributed by atoms with Crippen LogP contribution in [0.5, 0.6) is 5.75 Å². The number of ether oxygens (including phenoxy) is 1. The van der Waals surface area contributed by atoms with Gasteiger partial charge in [0.1, 0.15) is 5.75 Å². The second kappa shape index (κ2) is 10.8. The topological polar surface area (TPSA) is 144 Å². The molecule has 1 aliphatic heterocycles. The molecular weight excluding hydrogens is 483 g/mol. The number of primary amides is 1. The Hall–Kier alpha value is -3.87. The smallest absolute Gasteiger partial charge is 0.490 e. The number of carbonyl (C=O) groups is 2. The third kappa shape index (κ3) is 6.42. The van der Waals surface area contributed by atoms with Gasteiger partial charge in [-0.15, -0.1) is 0 Å². The Balaban J connectivity index is 0.000000454. The van der Waals surface area contributed by atoms with E-state index in [0.29, 0.717) is 17.9 Å². The number of likely N-dealkylation sites (tertiary alicyclic amines) is 1. The van der Waals surface area contributed by atoms with E-state index >= 15 is 0 Å². The zero-order chi connectivity index (χ0) is 26.6. The minimum Gasteiger partial charge on any atom is -0.497 e. The first-order valence-corrected chi connectivity index (χ1v) is 10.9. The molecule has 36 heavy (non-hydrogen) atoms. The maximum Gasteiger partial charge on any atom is 0.490 e. The van der Waals surface area contributed by atoms with Crippen LogP contribution in [0.4, 0.5) is 13.2 Å². The van der Waals surface area contributed by atoms with E-state index in [0.717, 1.165) is 48.1 Å². The van der Waals surface area contributed by atoms with Crippen molar-refractivity contribution in [1.29, 1.82) is 0 Å². The van der Waals surface area contributed by atoms with Gasteiger partial charge in [-0.05, 0) is 43.0 Å². The van der Waals surface area contributed by atoms with Crippen molar-refractivity contribution in [3.63, 3.8) is 0 Å². The van der Waals surface area contributed by atoms with Gasteiger partial charge in [0.25, 0.3) is 11.5 Å². The number of amides is 1. The lowest BCUT2D eigenvalue weighted by Crippen LogP contribution is -2.36. The second-order valence-electron chi connectivity index (χ2n) is 8.42. The van der Waals surface area contributed by atoms with E-state index in [1.54, 1.807) is 25.0 Å². The summed E-state index contributed by atoms with van der Waals surface area (Å²) in [5.74, 6) is -2.38. The minimum atomic E-state index is -5.08. The number of aromatic nitrogens is 3. The molecule has 194 valence electrons. The van der Waals surface area contributed by atoms with Gasteiger partial charge in [0.05, 0.1) is 23.9 Å². The number of nitrogens with one attached hydrogen (secondary N) is 1. The fourth-order valence-electron chi connectivity index (χ4n) is 4.13. The van der Waals surface area contributed by atoms with E-state index in [-0.39, 0.29) is 11.5 Å². The highest BCUT2D eigenvalue weighted by Gasteiger charge is 2.38. The SMILES string of the molecule is COc1ccc2cc(CN3CCCC(c4nn(C)cc4C(N)=O)C3)c(=O)[nH]c2c1.O=C(O)C(F)(F)F. The summed E-state index contributed by atoms with van der Waals surface area (Å²) in [5.41, 5.74) is 8.15. The molecule has 1 unspecified atom stereocenters. The summed E-state index contributed by atoms with van der Waals surface area (Å²) in [6.45, 7) is 2.18. The van der Waals surface area contributed by atoms with Crippen LogP contribution < -0.4 is 16.0 Å². The van der Waals surface area contributed by atoms with Gasteiger partial charge in [0.15, 0.2) is 0 Å². The predicted octanol–water partition coefficient (Wildman–Crippen LogP) is 2.38. The van der Waals surface area contributed by atoms with Gasteiger partial charge in [-0.3, -0.25) is 19.2 Å². The lowest BCUT2D eigenvalue weighted by molar-refractivity contribution is -0.192. The average molecular weight is 509 g/mol. The number of hydrogen-bond donors (Lipinski definition) is 3. The van der Waals surface area contributed by atoms with Crippen molar-refractivity contribution < 1.29 is 32.6 Å². The number of alkyl halides is 3. The number of fused-ring (bicyclic) bond motifs is 1. The first kappa shape index (κ1) is 26.7. The Morgan fingerprint density at radius 1 is 1.31 bits per heavy atom. The van der Waals surface area contributed by atoms with Crippen molar-refractivity contribution in [2.24, 2.45) is 12.8 Å². The number of hydrogen-bond acceptors (Lipinski definition) is 6. The zero-order valence-corrected chi connectivity index (χ0v) is 19.6. The molecule has 1 fully saturated rings. The highest BCUT2D eigenvalue weighted by atomic mass is 19.4. The van der Waals surface area contributed by atoms with Gasteiger partial charge in [0.2, 0.25) is 0 Å². The third-order valence-electron chi connectivity index (χ3n) is 5.78. The maximum absolute atomic E-state index is 12.6. The minimum absolute atomic E-state index is 0.0939. The molecule has 3 aromatic rings. The molecule has 0 spiro atoms. The maximum atomic E-state index is 12.6. The van der Waals surface area contributed by atoms with E-state index in [1.165, 1.54) is 0 Å². The van der Waals surface area contributed by atoms with Gasteiger partial charge < -0.3 is 20.6 Å². The zero-order valence-electron chi connectivity index (χ0n) is 19.6. The number of nitrogens with two attached hydrogens (primary N) is 1. The van der Waals surface area contributed by atoms with Crippen LogP contribution in [-0.2, 0) is 18.4 Å². The number of aliphatic carboxylic acids is 1. The molecule has 1 aliphatic rings. The number of nitrogens with zero attached hydrogens (tertiary/aromatic N) is 3. The quantitative estimate of drug-likeness (QED) is 0.479. The van der Waals surface area contributed by atoms with Crippen LogP contribution in [-0.4, -0.2) is 63.0 Å². The number of carboxylic acid groups (broad SMARTS) is 1. The molecule has 1 atom stereocenters. The molecule has 4 N–H and O–H groups in total. The standard InChI is InChI=1S/C21H25N5O3.C2HF3O2/c1-25-12-17(20(22)27)19(24-25)14-4-3-7-26(10-14)11-15-8-13-5-6-16(29-2)9-18(13)23-21(15)28;3-2(4,5)1(6)7/h5-6,8-9,12,14H,3-4,7,10-11H2,1-2H3,(H2,22,27)(H,23,28);(H,6,7). The number of rotatable bonds is 5. The van der Waals surface area contributed by atoms with Crippen LogP contribution in [0.25, 0.3) is 10.9 Å². The Morgan fingerprint density at radius 2 is 2.00 bits per heavy atom. The van der Waals surface area contributed by atoms with Crippen LogP contribution in [0.2, 0.25) is 0 Å². The monoisotopic (exact) mass is 509 g/mol. The molecule has 2 aromatic heterocycles. The molecule has 3 heterocycles. The fourth-order valence-corrected chi connectivity index (χ4v) is 4.13. The Bertz CT molecular complexity index is 1320. The van der Waals surface area contributed by atoms with Crippen molar-refractivity contribution in [3.8, 4) is 5.75 Å². The lowest BCUT2D eigenvalue weighted by Gasteiger charge is -2.32. The molecule has 0 radical (unpaired) electrons. The summed E-state index contributed by atoms with van der Waals surface area (Å²) in [5, 5.41) is 12.6. The normalized spacial score (nSPS) is 16.3. The first-order valence-electron chi connectivity index (χ1n) is 10.9. The van der Waals surface area contributed by atoms with Crippen LogP contribution in [0, 0.1) is 0 Å². The molecule has 1 saturated heterocycles. The number of H-pyrrole nitrogens is 1.